The Morgan fingerprint density at radius 2 is 1.81 bits per heavy atom. The van der Waals surface area contributed by atoms with Crippen molar-refractivity contribution in [1.29, 1.82) is 0 Å². The molecule has 1 N–H and O–H groups in total. The second-order valence-corrected chi connectivity index (χ2v) is 5.57. The van der Waals surface area contributed by atoms with E-state index in [-0.39, 0.29) is 0 Å². The summed E-state index contributed by atoms with van der Waals surface area (Å²) in [5.41, 5.74) is 0.614. The smallest absolute Gasteiger partial charge is 0.131 e. The molecule has 1 spiro atoms. The average molecular weight is 238 g/mol. The quantitative estimate of drug-likeness (QED) is 0.815. The topological polar surface area (TPSA) is 37.8 Å². The van der Waals surface area contributed by atoms with Gasteiger partial charge in [-0.05, 0) is 31.1 Å². The highest BCUT2D eigenvalue weighted by Gasteiger charge is 2.40. The Labute approximate surface area is 101 Å². The molecule has 16 heavy (non-hydrogen) atoms. The van der Waals surface area contributed by atoms with Crippen LogP contribution in [0.3, 0.4) is 0 Å². The summed E-state index contributed by atoms with van der Waals surface area (Å²) in [5, 5.41) is 4.01. The molecule has 0 aromatic carbocycles. The summed E-state index contributed by atoms with van der Waals surface area (Å²) in [7, 11) is 0. The van der Waals surface area contributed by atoms with E-state index in [1.807, 2.05) is 0 Å². The maximum atomic E-state index is 5.79. The molecule has 2 heterocycles. The molecule has 0 bridgehead atoms. The van der Waals surface area contributed by atoms with E-state index in [0.717, 1.165) is 5.82 Å². The zero-order valence-corrected chi connectivity index (χ0v) is 10.0. The van der Waals surface area contributed by atoms with E-state index in [1.165, 1.54) is 38.8 Å². The van der Waals surface area contributed by atoms with E-state index in [9.17, 15) is 0 Å². The minimum Gasteiger partial charge on any atom is -0.316 e. The van der Waals surface area contributed by atoms with Crippen LogP contribution in [0.4, 0.5) is 0 Å². The van der Waals surface area contributed by atoms with Gasteiger partial charge in [0.25, 0.3) is 0 Å². The third-order valence-electron chi connectivity index (χ3n) is 4.05. The molecule has 0 radical (unpaired) electrons. The van der Waals surface area contributed by atoms with E-state index in [0.29, 0.717) is 16.4 Å². The fourth-order valence-electron chi connectivity index (χ4n) is 2.85. The first-order valence-electron chi connectivity index (χ1n) is 5.96. The monoisotopic (exact) mass is 237 g/mol. The van der Waals surface area contributed by atoms with Crippen molar-refractivity contribution in [3.8, 4) is 0 Å². The van der Waals surface area contributed by atoms with Crippen LogP contribution in [0.15, 0.2) is 12.4 Å². The second kappa shape index (κ2) is 3.97. The van der Waals surface area contributed by atoms with Gasteiger partial charge in [0, 0.05) is 31.4 Å². The van der Waals surface area contributed by atoms with Gasteiger partial charge < -0.3 is 5.32 Å². The molecule has 1 saturated carbocycles. The van der Waals surface area contributed by atoms with E-state index < -0.39 is 0 Å². The second-order valence-electron chi connectivity index (χ2n) is 5.14. The summed E-state index contributed by atoms with van der Waals surface area (Å²) in [4.78, 5) is 8.67. The molecule has 1 aliphatic heterocycles. The summed E-state index contributed by atoms with van der Waals surface area (Å²) in [5.74, 6) is 1.52. The van der Waals surface area contributed by atoms with Gasteiger partial charge in [0.15, 0.2) is 0 Å². The minimum atomic E-state index is 0.545. The molecule has 1 aromatic heterocycles. The molecule has 3 nitrogen and oxygen atoms in total. The summed E-state index contributed by atoms with van der Waals surface area (Å²) in [6.45, 7) is 2.42. The van der Waals surface area contributed by atoms with Gasteiger partial charge in [-0.15, -0.1) is 0 Å². The minimum absolute atomic E-state index is 0.545. The Hall–Kier alpha value is -0.670. The van der Waals surface area contributed by atoms with Crippen LogP contribution >= 0.6 is 11.6 Å². The number of aromatic nitrogens is 2. The first-order valence-corrected chi connectivity index (χ1v) is 6.33. The Balaban J connectivity index is 1.67. The molecule has 4 heteroatoms. The number of nitrogens with zero attached hydrogens (tertiary/aromatic N) is 2. The zero-order chi connectivity index (χ0) is 11.0. The zero-order valence-electron chi connectivity index (χ0n) is 9.25. The third kappa shape index (κ3) is 1.82. The van der Waals surface area contributed by atoms with Gasteiger partial charge in [-0.2, -0.15) is 0 Å². The van der Waals surface area contributed by atoms with Crippen LogP contribution in [0.2, 0.25) is 5.02 Å². The Morgan fingerprint density at radius 1 is 1.19 bits per heavy atom. The predicted octanol–water partition coefficient (Wildman–Crippen LogP) is 2.38. The van der Waals surface area contributed by atoms with Crippen molar-refractivity contribution < 1.29 is 0 Å². The van der Waals surface area contributed by atoms with Crippen molar-refractivity contribution >= 4 is 11.6 Å². The van der Waals surface area contributed by atoms with Crippen molar-refractivity contribution in [3.05, 3.63) is 23.2 Å². The summed E-state index contributed by atoms with van der Waals surface area (Å²) < 4.78 is 0. The lowest BCUT2D eigenvalue weighted by molar-refractivity contribution is 0.0960. The lowest BCUT2D eigenvalue weighted by Gasteiger charge is -2.47. The molecule has 2 aliphatic rings. The first kappa shape index (κ1) is 10.5. The van der Waals surface area contributed by atoms with Gasteiger partial charge in [-0.3, -0.25) is 0 Å². The highest BCUT2D eigenvalue weighted by atomic mass is 35.5. The van der Waals surface area contributed by atoms with Crippen molar-refractivity contribution in [1.82, 2.24) is 15.3 Å². The van der Waals surface area contributed by atoms with Crippen LogP contribution in [0, 0.1) is 5.41 Å². The fraction of sp³-hybridized carbons (Fsp3) is 0.667. The first-order chi connectivity index (χ1) is 7.77. The molecule has 0 amide bonds. The van der Waals surface area contributed by atoms with Crippen molar-refractivity contribution in [2.24, 2.45) is 5.41 Å². The number of hydrogen-bond acceptors (Lipinski definition) is 3. The summed E-state index contributed by atoms with van der Waals surface area (Å²) >= 11 is 5.79. The molecule has 0 unspecified atom stereocenters. The molecule has 2 fully saturated rings. The Kier molecular flexibility index (Phi) is 2.60. The predicted molar refractivity (Wildman–Crippen MR) is 63.6 cm³/mol. The van der Waals surface area contributed by atoms with Crippen LogP contribution in [0.1, 0.15) is 37.4 Å². The van der Waals surface area contributed by atoms with E-state index in [2.05, 4.69) is 15.3 Å². The number of halogens is 1. The van der Waals surface area contributed by atoms with Gasteiger partial charge >= 0.3 is 0 Å². The van der Waals surface area contributed by atoms with Crippen LogP contribution in [-0.2, 0) is 0 Å². The lowest BCUT2D eigenvalue weighted by Crippen LogP contribution is -2.54. The largest absolute Gasteiger partial charge is 0.316 e. The van der Waals surface area contributed by atoms with Gasteiger partial charge in [0.1, 0.15) is 5.82 Å². The van der Waals surface area contributed by atoms with Crippen LogP contribution in [-0.4, -0.2) is 23.1 Å². The average Bonchev–Trinajstić information content (AvgIpc) is 2.28. The van der Waals surface area contributed by atoms with Gasteiger partial charge in [0.05, 0.1) is 5.02 Å². The molecule has 0 atom stereocenters. The molecule has 86 valence electrons. The van der Waals surface area contributed by atoms with Crippen LogP contribution in [0.25, 0.3) is 0 Å². The maximum Gasteiger partial charge on any atom is 0.131 e. The van der Waals surface area contributed by atoms with Crippen molar-refractivity contribution in [3.63, 3.8) is 0 Å². The molecule has 3 rings (SSSR count). The van der Waals surface area contributed by atoms with Crippen LogP contribution in [0.5, 0.6) is 0 Å². The van der Waals surface area contributed by atoms with Gasteiger partial charge in [-0.25, -0.2) is 9.97 Å². The van der Waals surface area contributed by atoms with Gasteiger partial charge in [0.2, 0.25) is 0 Å². The number of nitrogens with one attached hydrogen (secondary N) is 1. The van der Waals surface area contributed by atoms with Crippen LogP contribution < -0.4 is 5.32 Å². The van der Waals surface area contributed by atoms with Crippen molar-refractivity contribution in [2.45, 2.75) is 31.6 Å². The number of rotatable bonds is 1. The molecule has 1 aromatic rings. The maximum absolute atomic E-state index is 5.79. The molecular weight excluding hydrogens is 222 g/mol. The molecule has 1 aliphatic carbocycles. The van der Waals surface area contributed by atoms with Crippen molar-refractivity contribution in [2.75, 3.05) is 13.1 Å². The summed E-state index contributed by atoms with van der Waals surface area (Å²) in [6, 6.07) is 0. The standard InChI is InChI=1S/C12H16ClN3/c13-10-5-15-11(16-6-10)9-1-3-12(4-2-9)7-14-8-12/h5-6,9,14H,1-4,7-8H2. The molecular formula is C12H16ClN3. The summed E-state index contributed by atoms with van der Waals surface area (Å²) in [6.07, 6.45) is 8.50. The van der Waals surface area contributed by atoms with Gasteiger partial charge in [-0.1, -0.05) is 11.6 Å². The fourth-order valence-corrected chi connectivity index (χ4v) is 2.95. The number of hydrogen-bond donors (Lipinski definition) is 1. The van der Waals surface area contributed by atoms with E-state index >= 15 is 0 Å². The van der Waals surface area contributed by atoms with E-state index in [4.69, 9.17) is 11.6 Å². The SMILES string of the molecule is Clc1cnc(C2CCC3(CC2)CNC3)nc1. The highest BCUT2D eigenvalue weighted by molar-refractivity contribution is 6.30. The third-order valence-corrected chi connectivity index (χ3v) is 4.25. The Morgan fingerprint density at radius 3 is 2.31 bits per heavy atom. The highest BCUT2D eigenvalue weighted by Crippen LogP contribution is 2.44. The normalized spacial score (nSPS) is 24.3. The Bertz CT molecular complexity index is 362. The lowest BCUT2D eigenvalue weighted by atomic mass is 9.67. The van der Waals surface area contributed by atoms with E-state index in [1.54, 1.807) is 12.4 Å². The molecule has 1 saturated heterocycles.